The van der Waals surface area contributed by atoms with E-state index in [0.29, 0.717) is 24.5 Å². The van der Waals surface area contributed by atoms with Crippen LogP contribution in [0.3, 0.4) is 0 Å². The molecule has 0 bridgehead atoms. The van der Waals surface area contributed by atoms with E-state index in [0.717, 1.165) is 37.8 Å². The second-order valence-electron chi connectivity index (χ2n) is 9.51. The molecule has 4 aliphatic rings. The van der Waals surface area contributed by atoms with Crippen LogP contribution in [0.1, 0.15) is 58.8 Å². The first kappa shape index (κ1) is 19.6. The van der Waals surface area contributed by atoms with Crippen molar-refractivity contribution in [2.24, 2.45) is 33.7 Å². The number of Topliss-reactive ketones (excluding diaryl/α,β-unsaturated/α-hetero) is 1. The molecule has 3 saturated carbocycles. The zero-order valence-electron chi connectivity index (χ0n) is 17.1. The van der Waals surface area contributed by atoms with Crippen molar-refractivity contribution in [3.63, 3.8) is 0 Å². The molecule has 0 saturated heterocycles. The number of methoxy groups -OCH3 is 1. The second kappa shape index (κ2) is 6.97. The number of aliphatic hydroxyl groups is 1. The number of ether oxygens (including phenoxy) is 1. The SMILES string of the molecule is COC(=O)CO/N=C1/C=C2C[C@@H](O)CC[C@]2(C)C2CC[C@]3(C)C(=O)CCC3C12. The minimum atomic E-state index is -0.466. The maximum Gasteiger partial charge on any atom is 0.346 e. The molecule has 3 unspecified atom stereocenters. The summed E-state index contributed by atoms with van der Waals surface area (Å²) >= 11 is 0. The van der Waals surface area contributed by atoms with Gasteiger partial charge in [0.15, 0.2) is 0 Å². The normalized spacial score (nSPS) is 43.6. The van der Waals surface area contributed by atoms with Gasteiger partial charge in [0.25, 0.3) is 0 Å². The number of ketones is 1. The Balaban J connectivity index is 1.73. The lowest BCUT2D eigenvalue weighted by Crippen LogP contribution is -2.53. The van der Waals surface area contributed by atoms with E-state index in [9.17, 15) is 14.7 Å². The van der Waals surface area contributed by atoms with Crippen LogP contribution in [0, 0.1) is 28.6 Å². The predicted molar refractivity (Wildman–Crippen MR) is 104 cm³/mol. The van der Waals surface area contributed by atoms with Gasteiger partial charge in [-0.1, -0.05) is 24.6 Å². The molecule has 0 aliphatic heterocycles. The third-order valence-electron chi connectivity index (χ3n) is 8.23. The van der Waals surface area contributed by atoms with Crippen molar-refractivity contribution in [3.8, 4) is 0 Å². The Bertz CT molecular complexity index is 743. The van der Waals surface area contributed by atoms with Crippen LogP contribution >= 0.6 is 0 Å². The molecule has 154 valence electrons. The molecule has 0 aromatic rings. The van der Waals surface area contributed by atoms with E-state index in [-0.39, 0.29) is 35.4 Å². The number of esters is 1. The summed E-state index contributed by atoms with van der Waals surface area (Å²) in [6.45, 7) is 4.23. The molecule has 28 heavy (non-hydrogen) atoms. The molecule has 0 spiro atoms. The van der Waals surface area contributed by atoms with E-state index in [1.165, 1.54) is 12.7 Å². The number of fused-ring (bicyclic) bond motifs is 5. The topological polar surface area (TPSA) is 85.2 Å². The Morgan fingerprint density at radius 2 is 1.93 bits per heavy atom. The Kier molecular flexibility index (Phi) is 4.89. The molecule has 1 N–H and O–H groups in total. The van der Waals surface area contributed by atoms with Gasteiger partial charge in [0.1, 0.15) is 5.78 Å². The van der Waals surface area contributed by atoms with Crippen LogP contribution in [0.4, 0.5) is 0 Å². The summed E-state index contributed by atoms with van der Waals surface area (Å²) in [6.07, 6.45) is 7.70. The third-order valence-corrected chi connectivity index (χ3v) is 8.23. The van der Waals surface area contributed by atoms with Gasteiger partial charge in [0.2, 0.25) is 6.61 Å². The molecule has 3 fully saturated rings. The van der Waals surface area contributed by atoms with Gasteiger partial charge < -0.3 is 14.7 Å². The highest BCUT2D eigenvalue weighted by Crippen LogP contribution is 2.63. The average Bonchev–Trinajstić information content (AvgIpc) is 2.97. The maximum atomic E-state index is 12.7. The van der Waals surface area contributed by atoms with Crippen molar-refractivity contribution in [1.82, 2.24) is 0 Å². The van der Waals surface area contributed by atoms with Gasteiger partial charge in [-0.25, -0.2) is 4.79 Å². The first-order chi connectivity index (χ1) is 13.3. The van der Waals surface area contributed by atoms with E-state index < -0.39 is 5.97 Å². The summed E-state index contributed by atoms with van der Waals surface area (Å²) in [5, 5.41) is 14.6. The fourth-order valence-electron chi connectivity index (χ4n) is 6.48. The Labute approximate surface area is 166 Å². The number of rotatable bonds is 3. The highest BCUT2D eigenvalue weighted by atomic mass is 16.6. The van der Waals surface area contributed by atoms with Crippen LogP contribution in [0.5, 0.6) is 0 Å². The van der Waals surface area contributed by atoms with Crippen LogP contribution in [0.25, 0.3) is 0 Å². The number of aliphatic hydroxyl groups excluding tert-OH is 1. The summed E-state index contributed by atoms with van der Waals surface area (Å²) in [5.74, 6) is 0.730. The van der Waals surface area contributed by atoms with E-state index in [2.05, 4.69) is 29.8 Å². The number of allylic oxidation sites excluding steroid dienone is 1. The second-order valence-corrected chi connectivity index (χ2v) is 9.51. The highest BCUT2D eigenvalue weighted by molar-refractivity contribution is 6.00. The van der Waals surface area contributed by atoms with Gasteiger partial charge in [-0.3, -0.25) is 4.79 Å². The van der Waals surface area contributed by atoms with Crippen LogP contribution < -0.4 is 0 Å². The molecule has 0 heterocycles. The van der Waals surface area contributed by atoms with Crippen molar-refractivity contribution in [1.29, 1.82) is 0 Å². The lowest BCUT2D eigenvalue weighted by molar-refractivity contribution is -0.145. The molecular weight excluding hydrogens is 358 g/mol. The van der Waals surface area contributed by atoms with Gasteiger partial charge in [-0.15, -0.1) is 0 Å². The molecule has 4 aliphatic carbocycles. The Morgan fingerprint density at radius 1 is 1.21 bits per heavy atom. The minimum absolute atomic E-state index is 0.0399. The Morgan fingerprint density at radius 3 is 2.68 bits per heavy atom. The van der Waals surface area contributed by atoms with Gasteiger partial charge >= 0.3 is 5.97 Å². The van der Waals surface area contributed by atoms with Gasteiger partial charge in [-0.2, -0.15) is 0 Å². The smallest absolute Gasteiger partial charge is 0.346 e. The zero-order valence-corrected chi connectivity index (χ0v) is 17.1. The lowest BCUT2D eigenvalue weighted by atomic mass is 9.47. The molecule has 4 rings (SSSR count). The molecule has 6 heteroatoms. The van der Waals surface area contributed by atoms with Crippen LogP contribution in [0.2, 0.25) is 0 Å². The van der Waals surface area contributed by atoms with Gasteiger partial charge in [0, 0.05) is 17.8 Å². The number of hydrogen-bond acceptors (Lipinski definition) is 6. The number of nitrogens with zero attached hydrogens (tertiary/aromatic N) is 1. The number of hydrogen-bond donors (Lipinski definition) is 1. The van der Waals surface area contributed by atoms with Crippen molar-refractivity contribution in [3.05, 3.63) is 11.6 Å². The molecule has 0 radical (unpaired) electrons. The molecule has 0 aromatic carbocycles. The fourth-order valence-corrected chi connectivity index (χ4v) is 6.48. The molecule has 0 amide bonds. The van der Waals surface area contributed by atoms with E-state index in [1.807, 2.05) is 0 Å². The Hall–Kier alpha value is -1.69. The molecule has 6 atom stereocenters. The summed E-state index contributed by atoms with van der Waals surface area (Å²) < 4.78 is 4.64. The van der Waals surface area contributed by atoms with E-state index in [1.54, 1.807) is 0 Å². The van der Waals surface area contributed by atoms with Crippen molar-refractivity contribution < 1.29 is 24.3 Å². The molecular formula is C22H31NO5. The average molecular weight is 389 g/mol. The summed E-state index contributed by atoms with van der Waals surface area (Å²) in [7, 11) is 1.32. The fraction of sp³-hybridized carbons (Fsp3) is 0.773. The zero-order chi connectivity index (χ0) is 20.1. The molecule has 6 nitrogen and oxygen atoms in total. The third kappa shape index (κ3) is 2.92. The summed E-state index contributed by atoms with van der Waals surface area (Å²) in [4.78, 5) is 29.4. The van der Waals surface area contributed by atoms with Crippen LogP contribution in [-0.4, -0.2) is 42.4 Å². The quantitative estimate of drug-likeness (QED) is 0.592. The summed E-state index contributed by atoms with van der Waals surface area (Å²) in [5.41, 5.74) is 1.83. The van der Waals surface area contributed by atoms with E-state index >= 15 is 0 Å². The van der Waals surface area contributed by atoms with Crippen molar-refractivity contribution in [2.75, 3.05) is 13.7 Å². The standard InChI is InChI=1S/C22H31NO5/c1-21-8-6-14(24)10-13(21)11-17(23-28-12-19(26)27-3)20-15-4-5-18(25)22(15,2)9-7-16(20)21/h11,14-16,20,24H,4-10,12H2,1-3H3/b23-17-/t14-,15?,16?,20?,21-,22-/m0/s1. The predicted octanol–water partition coefficient (Wildman–Crippen LogP) is 3.03. The number of carbonyl (C=O) groups is 2. The van der Waals surface area contributed by atoms with Crippen LogP contribution in [-0.2, 0) is 19.2 Å². The van der Waals surface area contributed by atoms with Crippen molar-refractivity contribution in [2.45, 2.75) is 64.9 Å². The number of carbonyl (C=O) groups excluding carboxylic acids is 2. The maximum absolute atomic E-state index is 12.7. The van der Waals surface area contributed by atoms with E-state index in [4.69, 9.17) is 4.84 Å². The number of oxime groups is 1. The monoisotopic (exact) mass is 389 g/mol. The largest absolute Gasteiger partial charge is 0.466 e. The van der Waals surface area contributed by atoms with Gasteiger partial charge in [-0.05, 0) is 61.9 Å². The minimum Gasteiger partial charge on any atom is -0.466 e. The first-order valence-electron chi connectivity index (χ1n) is 10.5. The molecule has 0 aromatic heterocycles. The van der Waals surface area contributed by atoms with Gasteiger partial charge in [0.05, 0.1) is 18.9 Å². The first-order valence-corrected chi connectivity index (χ1v) is 10.5. The summed E-state index contributed by atoms with van der Waals surface area (Å²) in [6, 6.07) is 0. The van der Waals surface area contributed by atoms with Crippen LogP contribution in [0.15, 0.2) is 16.8 Å². The van der Waals surface area contributed by atoms with Crippen molar-refractivity contribution >= 4 is 17.5 Å². The lowest BCUT2D eigenvalue weighted by Gasteiger charge is -2.56. The highest BCUT2D eigenvalue weighted by Gasteiger charge is 2.60.